The highest BCUT2D eigenvalue weighted by Gasteiger charge is 2.18. The number of rotatable bonds is 4. The van der Waals surface area contributed by atoms with Crippen LogP contribution in [0.15, 0.2) is 18.2 Å². The Balaban J connectivity index is 2.08. The Morgan fingerprint density at radius 1 is 1.44 bits per heavy atom. The number of nitrogens with zero attached hydrogens (tertiary/aromatic N) is 1. The summed E-state index contributed by atoms with van der Waals surface area (Å²) in [4.78, 5) is 2.40. The second-order valence-corrected chi connectivity index (χ2v) is 5.15. The van der Waals surface area contributed by atoms with Crippen LogP contribution in [0.2, 0.25) is 0 Å². The summed E-state index contributed by atoms with van der Waals surface area (Å²) in [5.74, 6) is 0.972. The molecule has 3 nitrogen and oxygen atoms in total. The minimum absolute atomic E-state index is 0.314. The van der Waals surface area contributed by atoms with Gasteiger partial charge in [0.25, 0.3) is 0 Å². The average Bonchev–Trinajstić information content (AvgIpc) is 2.36. The Morgan fingerprint density at radius 3 is 2.94 bits per heavy atom. The van der Waals surface area contributed by atoms with E-state index in [1.807, 2.05) is 0 Å². The van der Waals surface area contributed by atoms with Crippen molar-refractivity contribution in [1.82, 2.24) is 0 Å². The second-order valence-electron chi connectivity index (χ2n) is 5.15. The predicted molar refractivity (Wildman–Crippen MR) is 76.4 cm³/mol. The van der Waals surface area contributed by atoms with E-state index in [-0.39, 0.29) is 0 Å². The summed E-state index contributed by atoms with van der Waals surface area (Å²) in [5.41, 5.74) is 8.62. The fraction of sp³-hybridized carbons (Fsp3) is 0.600. The summed E-state index contributed by atoms with van der Waals surface area (Å²) in [6, 6.07) is 6.68. The molecule has 1 aliphatic rings. The number of aryl methyl sites for hydroxylation is 1. The first kappa shape index (κ1) is 13.2. The van der Waals surface area contributed by atoms with Crippen LogP contribution in [-0.4, -0.2) is 25.7 Å². The number of piperidine rings is 1. The molecule has 2 N–H and O–H groups in total. The Bertz CT molecular complexity index is 392. The molecule has 0 spiro atoms. The summed E-state index contributed by atoms with van der Waals surface area (Å²) >= 11 is 0. The molecule has 1 unspecified atom stereocenters. The monoisotopic (exact) mass is 248 g/mol. The second kappa shape index (κ2) is 6.10. The zero-order valence-electron chi connectivity index (χ0n) is 11.5. The van der Waals surface area contributed by atoms with E-state index < -0.39 is 0 Å². The topological polar surface area (TPSA) is 38.5 Å². The van der Waals surface area contributed by atoms with Crippen molar-refractivity contribution in [2.24, 2.45) is 5.73 Å². The van der Waals surface area contributed by atoms with Crippen LogP contribution in [-0.2, 0) is 0 Å². The van der Waals surface area contributed by atoms with Gasteiger partial charge >= 0.3 is 0 Å². The molecule has 0 bridgehead atoms. The molecule has 100 valence electrons. The Hall–Kier alpha value is -1.22. The molecule has 1 aliphatic heterocycles. The maximum atomic E-state index is 6.04. The first-order chi connectivity index (χ1) is 8.70. The van der Waals surface area contributed by atoms with Crippen LogP contribution in [0, 0.1) is 6.92 Å². The molecule has 1 aromatic rings. The van der Waals surface area contributed by atoms with Gasteiger partial charge in [0.05, 0.1) is 6.61 Å². The number of nitrogens with two attached hydrogens (primary N) is 1. The minimum atomic E-state index is 0.314. The third-order valence-corrected chi connectivity index (χ3v) is 3.44. The van der Waals surface area contributed by atoms with Crippen LogP contribution in [0.25, 0.3) is 0 Å². The molecule has 1 saturated heterocycles. The molecule has 0 amide bonds. The van der Waals surface area contributed by atoms with Crippen molar-refractivity contribution < 1.29 is 4.74 Å². The molecule has 1 fully saturated rings. The number of hydrogen-bond donors (Lipinski definition) is 1. The highest BCUT2D eigenvalue weighted by atomic mass is 16.5. The molecule has 3 heteroatoms. The maximum Gasteiger partial charge on any atom is 0.119 e. The number of ether oxygens (including phenoxy) is 1. The smallest absolute Gasteiger partial charge is 0.119 e. The van der Waals surface area contributed by atoms with Crippen molar-refractivity contribution >= 4 is 5.69 Å². The van der Waals surface area contributed by atoms with E-state index in [9.17, 15) is 0 Å². The fourth-order valence-corrected chi connectivity index (χ4v) is 2.52. The molecule has 0 aromatic heterocycles. The van der Waals surface area contributed by atoms with Gasteiger partial charge in [-0.2, -0.15) is 0 Å². The van der Waals surface area contributed by atoms with Gasteiger partial charge in [0.15, 0.2) is 0 Å². The van der Waals surface area contributed by atoms with Crippen molar-refractivity contribution in [3.63, 3.8) is 0 Å². The van der Waals surface area contributed by atoms with Gasteiger partial charge in [-0.3, -0.25) is 0 Å². The molecule has 18 heavy (non-hydrogen) atoms. The molecule has 0 radical (unpaired) electrons. The van der Waals surface area contributed by atoms with E-state index in [0.29, 0.717) is 6.04 Å². The lowest BCUT2D eigenvalue weighted by molar-refractivity contribution is 0.317. The molecular weight excluding hydrogens is 224 g/mol. The number of anilines is 1. The van der Waals surface area contributed by atoms with Gasteiger partial charge in [-0.15, -0.1) is 0 Å². The summed E-state index contributed by atoms with van der Waals surface area (Å²) in [6.45, 7) is 7.14. The summed E-state index contributed by atoms with van der Waals surface area (Å²) in [6.07, 6.45) is 3.38. The molecule has 1 aromatic carbocycles. The van der Waals surface area contributed by atoms with Gasteiger partial charge in [0.2, 0.25) is 0 Å². The summed E-state index contributed by atoms with van der Waals surface area (Å²) in [5, 5.41) is 0. The van der Waals surface area contributed by atoms with Crippen LogP contribution >= 0.6 is 0 Å². The van der Waals surface area contributed by atoms with Crippen molar-refractivity contribution in [3.05, 3.63) is 23.8 Å². The lowest BCUT2D eigenvalue weighted by Crippen LogP contribution is -2.43. The summed E-state index contributed by atoms with van der Waals surface area (Å²) in [7, 11) is 0. The Kier molecular flexibility index (Phi) is 4.48. The SMILES string of the molecule is CCCOc1ccc(N2CCCC(N)C2)c(C)c1. The van der Waals surface area contributed by atoms with Crippen molar-refractivity contribution in [3.8, 4) is 5.75 Å². The maximum absolute atomic E-state index is 6.04. The molecular formula is C15H24N2O. The van der Waals surface area contributed by atoms with E-state index in [1.54, 1.807) is 0 Å². The van der Waals surface area contributed by atoms with E-state index in [0.717, 1.165) is 38.3 Å². The Labute approximate surface area is 110 Å². The first-order valence-electron chi connectivity index (χ1n) is 6.94. The van der Waals surface area contributed by atoms with Crippen LogP contribution in [0.1, 0.15) is 31.7 Å². The van der Waals surface area contributed by atoms with Gasteiger partial charge in [-0.25, -0.2) is 0 Å². The lowest BCUT2D eigenvalue weighted by atomic mass is 10.0. The van der Waals surface area contributed by atoms with Crippen molar-refractivity contribution in [2.45, 2.75) is 39.2 Å². The number of hydrogen-bond acceptors (Lipinski definition) is 3. The fourth-order valence-electron chi connectivity index (χ4n) is 2.52. The zero-order valence-corrected chi connectivity index (χ0v) is 11.5. The minimum Gasteiger partial charge on any atom is -0.494 e. The first-order valence-corrected chi connectivity index (χ1v) is 6.94. The quantitative estimate of drug-likeness (QED) is 0.890. The molecule has 0 saturated carbocycles. The van der Waals surface area contributed by atoms with Gasteiger partial charge in [-0.1, -0.05) is 6.92 Å². The highest BCUT2D eigenvalue weighted by Crippen LogP contribution is 2.27. The normalized spacial score (nSPS) is 19.9. The molecule has 0 aliphatic carbocycles. The van der Waals surface area contributed by atoms with E-state index >= 15 is 0 Å². The van der Waals surface area contributed by atoms with Gasteiger partial charge < -0.3 is 15.4 Å². The third kappa shape index (κ3) is 3.16. The zero-order chi connectivity index (χ0) is 13.0. The molecule has 2 rings (SSSR count). The standard InChI is InChI=1S/C15H24N2O/c1-3-9-18-14-6-7-15(12(2)10-14)17-8-4-5-13(16)11-17/h6-7,10,13H,3-5,8-9,11,16H2,1-2H3. The summed E-state index contributed by atoms with van der Waals surface area (Å²) < 4.78 is 5.66. The van der Waals surface area contributed by atoms with Crippen LogP contribution in [0.4, 0.5) is 5.69 Å². The van der Waals surface area contributed by atoms with Crippen molar-refractivity contribution in [2.75, 3.05) is 24.6 Å². The Morgan fingerprint density at radius 2 is 2.28 bits per heavy atom. The predicted octanol–water partition coefficient (Wildman–Crippen LogP) is 2.71. The molecule has 1 heterocycles. The van der Waals surface area contributed by atoms with E-state index in [4.69, 9.17) is 10.5 Å². The van der Waals surface area contributed by atoms with Gasteiger partial charge in [0.1, 0.15) is 5.75 Å². The van der Waals surface area contributed by atoms with E-state index in [2.05, 4.69) is 36.9 Å². The van der Waals surface area contributed by atoms with Crippen LogP contribution in [0.3, 0.4) is 0 Å². The third-order valence-electron chi connectivity index (χ3n) is 3.44. The van der Waals surface area contributed by atoms with Gasteiger partial charge in [0, 0.05) is 24.8 Å². The van der Waals surface area contributed by atoms with Crippen LogP contribution in [0.5, 0.6) is 5.75 Å². The van der Waals surface area contributed by atoms with Gasteiger partial charge in [-0.05, 0) is 49.9 Å². The van der Waals surface area contributed by atoms with E-state index in [1.165, 1.54) is 17.7 Å². The number of benzene rings is 1. The largest absolute Gasteiger partial charge is 0.494 e. The lowest BCUT2D eigenvalue weighted by Gasteiger charge is -2.33. The molecule has 1 atom stereocenters. The van der Waals surface area contributed by atoms with Crippen LogP contribution < -0.4 is 15.4 Å². The van der Waals surface area contributed by atoms with Crippen molar-refractivity contribution in [1.29, 1.82) is 0 Å². The highest BCUT2D eigenvalue weighted by molar-refractivity contribution is 5.56. The average molecular weight is 248 g/mol.